The molecule has 18 heavy (non-hydrogen) atoms. The van der Waals surface area contributed by atoms with E-state index in [4.69, 9.17) is 5.11 Å². The topological polar surface area (TPSA) is 54.4 Å². The molecule has 1 aromatic rings. The molecule has 0 radical (unpaired) electrons. The fourth-order valence-corrected chi connectivity index (χ4v) is 3.12. The lowest BCUT2D eigenvalue weighted by atomic mass is 9.95. The van der Waals surface area contributed by atoms with E-state index in [1.54, 1.807) is 11.8 Å². The van der Waals surface area contributed by atoms with Crippen LogP contribution in [-0.4, -0.2) is 23.1 Å². The summed E-state index contributed by atoms with van der Waals surface area (Å²) in [6.45, 7) is 0. The summed E-state index contributed by atoms with van der Waals surface area (Å²) in [6, 6.07) is 7.54. The average molecular weight is 264 g/mol. The standard InChI is InChI=1S/C14H16O3S/c1-18-12-5-3-2-4-11(12)13(15)9-6-7-10(8-9)14(16)17/h2-5,9-10H,6-8H2,1H3,(H,16,17)/t9-,10-/m1/s1. The number of carboxylic acids is 1. The zero-order chi connectivity index (χ0) is 13.1. The number of aliphatic carboxylic acids is 1. The van der Waals surface area contributed by atoms with Gasteiger partial charge in [0, 0.05) is 16.4 Å². The van der Waals surface area contributed by atoms with Crippen LogP contribution in [0.4, 0.5) is 0 Å². The number of hydrogen-bond acceptors (Lipinski definition) is 3. The van der Waals surface area contributed by atoms with Gasteiger partial charge in [0.2, 0.25) is 0 Å². The minimum atomic E-state index is -0.775. The van der Waals surface area contributed by atoms with Crippen molar-refractivity contribution in [1.82, 2.24) is 0 Å². The second-order valence-electron chi connectivity index (χ2n) is 4.61. The van der Waals surface area contributed by atoms with Crippen LogP contribution in [0.25, 0.3) is 0 Å². The predicted molar refractivity (Wildman–Crippen MR) is 71.0 cm³/mol. The first kappa shape index (κ1) is 13.1. The SMILES string of the molecule is CSc1ccccc1C(=O)[C@@H]1CC[C@@H](C(=O)O)C1. The van der Waals surface area contributed by atoms with E-state index in [2.05, 4.69) is 0 Å². The van der Waals surface area contributed by atoms with E-state index in [0.717, 1.165) is 10.5 Å². The normalized spacial score (nSPS) is 22.9. The lowest BCUT2D eigenvalue weighted by Crippen LogP contribution is -2.15. The maximum absolute atomic E-state index is 12.4. The second-order valence-corrected chi connectivity index (χ2v) is 5.46. The molecule has 0 unspecified atom stereocenters. The van der Waals surface area contributed by atoms with Gasteiger partial charge in [-0.3, -0.25) is 9.59 Å². The molecule has 0 spiro atoms. The Bertz CT molecular complexity index is 470. The van der Waals surface area contributed by atoms with E-state index in [0.29, 0.717) is 19.3 Å². The van der Waals surface area contributed by atoms with Crippen molar-refractivity contribution in [3.05, 3.63) is 29.8 Å². The number of benzene rings is 1. The van der Waals surface area contributed by atoms with Crippen LogP contribution in [-0.2, 0) is 4.79 Å². The smallest absolute Gasteiger partial charge is 0.306 e. The number of hydrogen-bond donors (Lipinski definition) is 1. The molecule has 0 heterocycles. The monoisotopic (exact) mass is 264 g/mol. The molecule has 1 aliphatic carbocycles. The number of rotatable bonds is 4. The second kappa shape index (κ2) is 5.57. The third kappa shape index (κ3) is 2.58. The molecule has 2 atom stereocenters. The third-order valence-electron chi connectivity index (χ3n) is 3.53. The van der Waals surface area contributed by atoms with E-state index in [-0.39, 0.29) is 17.6 Å². The number of Topliss-reactive ketones (excluding diaryl/α,β-unsaturated/α-hetero) is 1. The maximum Gasteiger partial charge on any atom is 0.306 e. The van der Waals surface area contributed by atoms with Crippen molar-refractivity contribution in [2.75, 3.05) is 6.26 Å². The van der Waals surface area contributed by atoms with E-state index >= 15 is 0 Å². The summed E-state index contributed by atoms with van der Waals surface area (Å²) in [5.41, 5.74) is 0.737. The number of ketones is 1. The van der Waals surface area contributed by atoms with Crippen molar-refractivity contribution >= 4 is 23.5 Å². The Morgan fingerprint density at radius 2 is 1.89 bits per heavy atom. The van der Waals surface area contributed by atoms with Crippen molar-refractivity contribution < 1.29 is 14.7 Å². The van der Waals surface area contributed by atoms with Crippen LogP contribution in [0.2, 0.25) is 0 Å². The quantitative estimate of drug-likeness (QED) is 0.670. The highest BCUT2D eigenvalue weighted by atomic mass is 32.2. The molecule has 0 aliphatic heterocycles. The van der Waals surface area contributed by atoms with Crippen LogP contribution >= 0.6 is 11.8 Å². The molecule has 0 bridgehead atoms. The van der Waals surface area contributed by atoms with Crippen LogP contribution in [0.3, 0.4) is 0 Å². The molecule has 1 aromatic carbocycles. The molecule has 1 fully saturated rings. The molecule has 2 rings (SSSR count). The number of carbonyl (C=O) groups is 2. The summed E-state index contributed by atoms with van der Waals surface area (Å²) < 4.78 is 0. The molecular weight excluding hydrogens is 248 g/mol. The molecule has 1 N–H and O–H groups in total. The van der Waals surface area contributed by atoms with Crippen LogP contribution in [0.15, 0.2) is 29.2 Å². The van der Waals surface area contributed by atoms with E-state index in [1.165, 1.54) is 0 Å². The van der Waals surface area contributed by atoms with E-state index in [9.17, 15) is 9.59 Å². The Hall–Kier alpha value is -1.29. The summed E-state index contributed by atoms with van der Waals surface area (Å²) >= 11 is 1.55. The van der Waals surface area contributed by atoms with Gasteiger partial charge in [-0.05, 0) is 31.6 Å². The zero-order valence-corrected chi connectivity index (χ0v) is 11.1. The van der Waals surface area contributed by atoms with Gasteiger partial charge in [-0.15, -0.1) is 11.8 Å². The fraction of sp³-hybridized carbons (Fsp3) is 0.429. The minimum Gasteiger partial charge on any atom is -0.481 e. The van der Waals surface area contributed by atoms with Crippen molar-refractivity contribution in [2.45, 2.75) is 24.2 Å². The van der Waals surface area contributed by atoms with E-state index < -0.39 is 5.97 Å². The number of thioether (sulfide) groups is 1. The summed E-state index contributed by atoms with van der Waals surface area (Å²) in [6.07, 6.45) is 3.74. The Morgan fingerprint density at radius 3 is 2.50 bits per heavy atom. The van der Waals surface area contributed by atoms with Crippen LogP contribution in [0.5, 0.6) is 0 Å². The lowest BCUT2D eigenvalue weighted by Gasteiger charge is -2.11. The Balaban J connectivity index is 2.15. The lowest BCUT2D eigenvalue weighted by molar-refractivity contribution is -0.141. The van der Waals surface area contributed by atoms with Crippen molar-refractivity contribution in [3.8, 4) is 0 Å². The summed E-state index contributed by atoms with van der Waals surface area (Å²) in [4.78, 5) is 24.3. The fourth-order valence-electron chi connectivity index (χ4n) is 2.51. The average Bonchev–Trinajstić information content (AvgIpc) is 2.87. The zero-order valence-electron chi connectivity index (χ0n) is 10.3. The molecule has 0 aromatic heterocycles. The molecule has 96 valence electrons. The van der Waals surface area contributed by atoms with Gasteiger partial charge < -0.3 is 5.11 Å². The molecule has 3 nitrogen and oxygen atoms in total. The van der Waals surface area contributed by atoms with Crippen LogP contribution in [0.1, 0.15) is 29.6 Å². The highest BCUT2D eigenvalue weighted by Crippen LogP contribution is 2.35. The summed E-state index contributed by atoms with van der Waals surface area (Å²) in [5.74, 6) is -1.15. The van der Waals surface area contributed by atoms with Gasteiger partial charge in [-0.1, -0.05) is 18.2 Å². The van der Waals surface area contributed by atoms with Gasteiger partial charge >= 0.3 is 5.97 Å². The first-order valence-electron chi connectivity index (χ1n) is 6.03. The third-order valence-corrected chi connectivity index (χ3v) is 4.32. The largest absolute Gasteiger partial charge is 0.481 e. The Kier molecular flexibility index (Phi) is 4.07. The Morgan fingerprint density at radius 1 is 1.22 bits per heavy atom. The van der Waals surface area contributed by atoms with Gasteiger partial charge in [-0.25, -0.2) is 0 Å². The minimum absolute atomic E-state index is 0.101. The highest BCUT2D eigenvalue weighted by Gasteiger charge is 2.34. The van der Waals surface area contributed by atoms with Gasteiger partial charge in [-0.2, -0.15) is 0 Å². The first-order chi connectivity index (χ1) is 8.63. The van der Waals surface area contributed by atoms with Gasteiger partial charge in [0.05, 0.1) is 5.92 Å². The number of carbonyl (C=O) groups excluding carboxylic acids is 1. The highest BCUT2D eigenvalue weighted by molar-refractivity contribution is 7.98. The van der Waals surface area contributed by atoms with Gasteiger partial charge in [0.1, 0.15) is 0 Å². The van der Waals surface area contributed by atoms with Gasteiger partial charge in [0.15, 0.2) is 5.78 Å². The number of carboxylic acid groups (broad SMARTS) is 1. The van der Waals surface area contributed by atoms with Crippen molar-refractivity contribution in [1.29, 1.82) is 0 Å². The summed E-state index contributed by atoms with van der Waals surface area (Å²) in [7, 11) is 0. The van der Waals surface area contributed by atoms with Crippen molar-refractivity contribution in [3.63, 3.8) is 0 Å². The maximum atomic E-state index is 12.4. The molecule has 0 saturated heterocycles. The van der Waals surface area contributed by atoms with Crippen LogP contribution < -0.4 is 0 Å². The van der Waals surface area contributed by atoms with Gasteiger partial charge in [0.25, 0.3) is 0 Å². The predicted octanol–water partition coefficient (Wildman–Crippen LogP) is 3.09. The molecule has 1 aliphatic rings. The molecule has 4 heteroatoms. The molecule has 1 saturated carbocycles. The molecule has 0 amide bonds. The first-order valence-corrected chi connectivity index (χ1v) is 7.26. The Labute approximate surface area is 111 Å². The van der Waals surface area contributed by atoms with Crippen molar-refractivity contribution in [2.24, 2.45) is 11.8 Å². The van der Waals surface area contributed by atoms with E-state index in [1.807, 2.05) is 30.5 Å². The van der Waals surface area contributed by atoms with Crippen LogP contribution in [0, 0.1) is 11.8 Å². The summed E-state index contributed by atoms with van der Waals surface area (Å²) in [5, 5.41) is 8.97. The molecular formula is C14H16O3S.